The van der Waals surface area contributed by atoms with Crippen molar-refractivity contribution in [1.82, 2.24) is 0 Å². The number of hydrogen-bond acceptors (Lipinski definition) is 7. The lowest BCUT2D eigenvalue weighted by atomic mass is 10.1. The molecule has 0 saturated carbocycles. The number of hydrogen-bond donors (Lipinski definition) is 0. The van der Waals surface area contributed by atoms with Crippen molar-refractivity contribution < 1.29 is 37.3 Å². The van der Waals surface area contributed by atoms with Crippen molar-refractivity contribution in [3.63, 3.8) is 0 Å². The van der Waals surface area contributed by atoms with Crippen molar-refractivity contribution in [2.45, 2.75) is 187 Å². The second-order valence-electron chi connectivity index (χ2n) is 16.7. The maximum Gasteiger partial charge on any atom is 0.306 e. The van der Waals surface area contributed by atoms with Crippen LogP contribution in [0.15, 0.2) is 72.9 Å². The molecular formula is C50H90NO7P. The first-order valence-electron chi connectivity index (χ1n) is 23.7. The first-order valence-corrected chi connectivity index (χ1v) is 25.1. The summed E-state index contributed by atoms with van der Waals surface area (Å²) in [6.07, 6.45) is 54.9. The van der Waals surface area contributed by atoms with Crippen molar-refractivity contribution in [3.8, 4) is 0 Å². The lowest BCUT2D eigenvalue weighted by Crippen LogP contribution is -2.37. The van der Waals surface area contributed by atoms with E-state index in [1.807, 2.05) is 21.1 Å². The van der Waals surface area contributed by atoms with E-state index in [0.29, 0.717) is 24.1 Å². The lowest BCUT2D eigenvalue weighted by molar-refractivity contribution is -0.870. The molecule has 9 heteroatoms. The molecule has 342 valence electrons. The summed E-state index contributed by atoms with van der Waals surface area (Å²) in [5, 5.41) is 0. The average molecular weight is 848 g/mol. The molecule has 0 amide bonds. The number of ether oxygens (including phenoxy) is 2. The van der Waals surface area contributed by atoms with Crippen LogP contribution in [-0.2, 0) is 27.9 Å². The zero-order valence-corrected chi connectivity index (χ0v) is 39.6. The van der Waals surface area contributed by atoms with Crippen molar-refractivity contribution in [3.05, 3.63) is 72.9 Å². The van der Waals surface area contributed by atoms with Crippen LogP contribution in [0.1, 0.15) is 181 Å². The highest BCUT2D eigenvalue weighted by Crippen LogP contribution is 2.38. The molecule has 0 fully saturated rings. The lowest BCUT2D eigenvalue weighted by Gasteiger charge is -2.28. The molecule has 8 nitrogen and oxygen atoms in total. The fourth-order valence-electron chi connectivity index (χ4n) is 6.10. The fourth-order valence-corrected chi connectivity index (χ4v) is 6.82. The summed E-state index contributed by atoms with van der Waals surface area (Å²) in [5.74, 6) is -0.349. The number of unbranched alkanes of at least 4 members (excludes halogenated alkanes) is 17. The number of esters is 1. The summed E-state index contributed by atoms with van der Waals surface area (Å²) < 4.78 is 34.6. The molecule has 0 bridgehead atoms. The van der Waals surface area contributed by atoms with Gasteiger partial charge in [0.1, 0.15) is 19.3 Å². The predicted molar refractivity (Wildman–Crippen MR) is 249 cm³/mol. The van der Waals surface area contributed by atoms with Crippen LogP contribution in [-0.4, -0.2) is 70.7 Å². The van der Waals surface area contributed by atoms with E-state index in [2.05, 4.69) is 86.8 Å². The number of rotatable bonds is 43. The molecule has 0 aromatic rings. The Bertz CT molecular complexity index is 1170. The average Bonchev–Trinajstić information content (AvgIpc) is 3.19. The molecular weight excluding hydrogens is 758 g/mol. The number of likely N-dealkylation sites (N-methyl/N-ethyl adjacent to an activating group) is 1. The SMILES string of the molecule is CC/C=C\C/C=C\C/C=C\C/C=C\C/C=C\CCCCCCCCCCOCC(COP(=O)([O-])OCC[N+](C)(C)C)OC(=O)CCCCCCC/C=C\CCCCCC. The molecule has 59 heavy (non-hydrogen) atoms. The zero-order chi connectivity index (χ0) is 43.4. The van der Waals surface area contributed by atoms with E-state index in [1.165, 1.54) is 77.0 Å². The molecule has 0 heterocycles. The molecule has 0 aliphatic rings. The van der Waals surface area contributed by atoms with Gasteiger partial charge in [-0.2, -0.15) is 0 Å². The van der Waals surface area contributed by atoms with Crippen LogP contribution in [0.4, 0.5) is 0 Å². The molecule has 0 aromatic heterocycles. The third kappa shape index (κ3) is 46.9. The Labute approximate surface area is 363 Å². The van der Waals surface area contributed by atoms with Crippen LogP contribution in [0.2, 0.25) is 0 Å². The van der Waals surface area contributed by atoms with Crippen LogP contribution in [0, 0.1) is 0 Å². The summed E-state index contributed by atoms with van der Waals surface area (Å²) in [6, 6.07) is 0. The number of phosphoric acid groups is 1. The van der Waals surface area contributed by atoms with E-state index in [-0.39, 0.29) is 25.8 Å². The number of carbonyl (C=O) groups is 1. The van der Waals surface area contributed by atoms with Gasteiger partial charge in [0.2, 0.25) is 0 Å². The van der Waals surface area contributed by atoms with Gasteiger partial charge in [0.05, 0.1) is 34.4 Å². The Balaban J connectivity index is 4.18. The van der Waals surface area contributed by atoms with Crippen LogP contribution >= 0.6 is 7.82 Å². The van der Waals surface area contributed by atoms with E-state index in [4.69, 9.17) is 18.5 Å². The maximum atomic E-state index is 12.7. The van der Waals surface area contributed by atoms with Crippen molar-refractivity contribution in [2.75, 3.05) is 54.1 Å². The van der Waals surface area contributed by atoms with Crippen LogP contribution in [0.3, 0.4) is 0 Å². The van der Waals surface area contributed by atoms with E-state index in [1.54, 1.807) is 0 Å². The van der Waals surface area contributed by atoms with Crippen molar-refractivity contribution in [1.29, 1.82) is 0 Å². The second-order valence-corrected chi connectivity index (χ2v) is 18.1. The third-order valence-corrected chi connectivity index (χ3v) is 10.7. The van der Waals surface area contributed by atoms with Crippen molar-refractivity contribution >= 4 is 13.8 Å². The van der Waals surface area contributed by atoms with Gasteiger partial charge in [0.25, 0.3) is 7.82 Å². The monoisotopic (exact) mass is 848 g/mol. The summed E-state index contributed by atoms with van der Waals surface area (Å²) in [7, 11) is 1.34. The number of nitrogens with zero attached hydrogens (tertiary/aromatic N) is 1. The van der Waals surface area contributed by atoms with Crippen molar-refractivity contribution in [2.24, 2.45) is 0 Å². The third-order valence-electron chi connectivity index (χ3n) is 9.74. The normalized spacial score (nSPS) is 14.3. The second kappa shape index (κ2) is 42.6. The highest BCUT2D eigenvalue weighted by atomic mass is 31.2. The minimum Gasteiger partial charge on any atom is -0.756 e. The molecule has 0 aliphatic heterocycles. The standard InChI is InChI=1S/C50H90NO7P/c1-6-8-10-12-14-16-18-20-21-22-23-24-25-26-27-28-29-30-32-34-36-38-40-42-45-55-47-49(48-57-59(53,54)56-46-44-51(3,4)5)58-50(52)43-41-39-37-35-33-31-19-17-15-13-11-9-7-2/h8,10,14,16-17,19-21,23-24,26-27,49H,6-7,9,11-13,15,18,22,25,28-48H2,1-5H3/b10-8-,16-14-,19-17-,21-20-,24-23-,27-26-. The Morgan fingerprint density at radius 3 is 1.49 bits per heavy atom. The Morgan fingerprint density at radius 2 is 0.983 bits per heavy atom. The smallest absolute Gasteiger partial charge is 0.306 e. The molecule has 2 atom stereocenters. The first-order chi connectivity index (χ1) is 28.6. The van der Waals surface area contributed by atoms with Gasteiger partial charge in [-0.25, -0.2) is 0 Å². The molecule has 0 spiro atoms. The molecule has 2 unspecified atom stereocenters. The van der Waals surface area contributed by atoms with Gasteiger partial charge < -0.3 is 27.9 Å². The van der Waals surface area contributed by atoms with Gasteiger partial charge in [0, 0.05) is 13.0 Å². The summed E-state index contributed by atoms with van der Waals surface area (Å²) >= 11 is 0. The van der Waals surface area contributed by atoms with Crippen LogP contribution in [0.25, 0.3) is 0 Å². The maximum absolute atomic E-state index is 12.7. The van der Waals surface area contributed by atoms with Gasteiger partial charge in [-0.3, -0.25) is 9.36 Å². The van der Waals surface area contributed by atoms with E-state index < -0.39 is 13.9 Å². The fraction of sp³-hybridized carbons (Fsp3) is 0.740. The molecule has 0 rings (SSSR count). The highest BCUT2D eigenvalue weighted by Gasteiger charge is 2.20. The van der Waals surface area contributed by atoms with Crippen LogP contribution < -0.4 is 4.89 Å². The van der Waals surface area contributed by atoms with E-state index >= 15 is 0 Å². The summed E-state index contributed by atoms with van der Waals surface area (Å²) in [5.41, 5.74) is 0. The molecule has 0 aliphatic carbocycles. The van der Waals surface area contributed by atoms with Gasteiger partial charge in [-0.1, -0.05) is 164 Å². The number of allylic oxidation sites excluding steroid dienone is 12. The summed E-state index contributed by atoms with van der Waals surface area (Å²) in [6.45, 7) is 5.24. The number of carbonyl (C=O) groups excluding carboxylic acids is 1. The highest BCUT2D eigenvalue weighted by molar-refractivity contribution is 7.45. The quantitative estimate of drug-likeness (QED) is 0.0198. The van der Waals surface area contributed by atoms with Gasteiger partial charge in [-0.05, 0) is 83.5 Å². The Morgan fingerprint density at radius 1 is 0.542 bits per heavy atom. The van der Waals surface area contributed by atoms with Gasteiger partial charge in [-0.15, -0.1) is 0 Å². The zero-order valence-electron chi connectivity index (χ0n) is 38.7. The van der Waals surface area contributed by atoms with Gasteiger partial charge >= 0.3 is 5.97 Å². The Hall–Kier alpha value is -2.06. The molecule has 0 radical (unpaired) electrons. The predicted octanol–water partition coefficient (Wildman–Crippen LogP) is 13.6. The van der Waals surface area contributed by atoms with Gasteiger partial charge in [0.15, 0.2) is 0 Å². The molecule has 0 saturated heterocycles. The summed E-state index contributed by atoms with van der Waals surface area (Å²) in [4.78, 5) is 25.1. The minimum absolute atomic E-state index is 0.0195. The van der Waals surface area contributed by atoms with E-state index in [0.717, 1.165) is 83.5 Å². The molecule has 0 N–H and O–H groups in total. The first kappa shape index (κ1) is 56.9. The van der Waals surface area contributed by atoms with Crippen LogP contribution in [0.5, 0.6) is 0 Å². The topological polar surface area (TPSA) is 94.1 Å². The number of phosphoric ester groups is 1. The Kier molecular flexibility index (Phi) is 41.1. The molecule has 0 aromatic carbocycles. The minimum atomic E-state index is -4.53. The number of quaternary nitrogens is 1. The van der Waals surface area contributed by atoms with E-state index in [9.17, 15) is 14.3 Å². The largest absolute Gasteiger partial charge is 0.756 e.